The van der Waals surface area contributed by atoms with E-state index in [0.29, 0.717) is 11.5 Å². The number of amides is 1. The first-order chi connectivity index (χ1) is 9.33. The van der Waals surface area contributed by atoms with Crippen LogP contribution in [0.4, 0.5) is 5.82 Å². The maximum Gasteiger partial charge on any atom is 0.276 e. The predicted molar refractivity (Wildman–Crippen MR) is 70.0 cm³/mol. The van der Waals surface area contributed by atoms with Gasteiger partial charge in [-0.15, -0.1) is 11.3 Å². The van der Waals surface area contributed by atoms with E-state index in [1.807, 2.05) is 0 Å². The third-order valence-electron chi connectivity index (χ3n) is 2.76. The Bertz CT molecular complexity index is 566. The Morgan fingerprint density at radius 3 is 3.16 bits per heavy atom. The SMILES string of the molecule is O=C(Nc1cnccn1)c1csc([C@@H]2CCCO2)n1. The molecule has 0 aliphatic carbocycles. The van der Waals surface area contributed by atoms with Crippen LogP contribution in [0.3, 0.4) is 0 Å². The number of anilines is 1. The van der Waals surface area contributed by atoms with Crippen LogP contribution in [-0.4, -0.2) is 27.5 Å². The third kappa shape index (κ3) is 2.77. The number of carbonyl (C=O) groups is 1. The molecule has 0 unspecified atom stereocenters. The number of ether oxygens (including phenoxy) is 1. The highest BCUT2D eigenvalue weighted by molar-refractivity contribution is 7.09. The molecule has 7 heteroatoms. The summed E-state index contributed by atoms with van der Waals surface area (Å²) in [6.45, 7) is 0.769. The van der Waals surface area contributed by atoms with Crippen molar-refractivity contribution in [1.82, 2.24) is 15.0 Å². The fourth-order valence-corrected chi connectivity index (χ4v) is 2.74. The monoisotopic (exact) mass is 276 g/mol. The maximum absolute atomic E-state index is 12.0. The number of carbonyl (C=O) groups excluding carboxylic acids is 1. The van der Waals surface area contributed by atoms with Crippen molar-refractivity contribution in [2.45, 2.75) is 18.9 Å². The largest absolute Gasteiger partial charge is 0.371 e. The van der Waals surface area contributed by atoms with Gasteiger partial charge < -0.3 is 10.1 Å². The third-order valence-corrected chi connectivity index (χ3v) is 3.70. The lowest BCUT2D eigenvalue weighted by atomic mass is 10.2. The quantitative estimate of drug-likeness (QED) is 0.928. The van der Waals surface area contributed by atoms with Crippen molar-refractivity contribution in [3.63, 3.8) is 0 Å². The van der Waals surface area contributed by atoms with Crippen molar-refractivity contribution < 1.29 is 9.53 Å². The van der Waals surface area contributed by atoms with Gasteiger partial charge in [0.1, 0.15) is 16.8 Å². The highest BCUT2D eigenvalue weighted by Crippen LogP contribution is 2.30. The van der Waals surface area contributed by atoms with E-state index in [1.54, 1.807) is 11.6 Å². The molecule has 0 radical (unpaired) electrons. The van der Waals surface area contributed by atoms with Gasteiger partial charge in [-0.3, -0.25) is 9.78 Å². The second-order valence-electron chi connectivity index (χ2n) is 4.12. The van der Waals surface area contributed by atoms with Crippen LogP contribution in [0.5, 0.6) is 0 Å². The van der Waals surface area contributed by atoms with E-state index < -0.39 is 0 Å². The van der Waals surface area contributed by atoms with Crippen LogP contribution >= 0.6 is 11.3 Å². The Hall–Kier alpha value is -1.86. The van der Waals surface area contributed by atoms with Crippen molar-refractivity contribution in [3.8, 4) is 0 Å². The zero-order valence-electron chi connectivity index (χ0n) is 10.1. The molecule has 1 N–H and O–H groups in total. The average Bonchev–Trinajstić information content (AvgIpc) is 3.11. The fraction of sp³-hybridized carbons (Fsp3) is 0.333. The molecule has 0 spiro atoms. The topological polar surface area (TPSA) is 77.0 Å². The normalized spacial score (nSPS) is 18.4. The van der Waals surface area contributed by atoms with Gasteiger partial charge in [-0.05, 0) is 12.8 Å². The molecule has 1 aliphatic rings. The number of hydrogen-bond acceptors (Lipinski definition) is 6. The Morgan fingerprint density at radius 2 is 2.42 bits per heavy atom. The zero-order chi connectivity index (χ0) is 13.1. The number of rotatable bonds is 3. The van der Waals surface area contributed by atoms with E-state index in [9.17, 15) is 4.79 Å². The molecule has 0 bridgehead atoms. The summed E-state index contributed by atoms with van der Waals surface area (Å²) in [4.78, 5) is 24.2. The van der Waals surface area contributed by atoms with Crippen molar-refractivity contribution in [2.24, 2.45) is 0 Å². The number of hydrogen-bond donors (Lipinski definition) is 1. The van der Waals surface area contributed by atoms with Gasteiger partial charge in [-0.1, -0.05) is 0 Å². The minimum atomic E-state index is -0.277. The molecule has 98 valence electrons. The molecule has 1 saturated heterocycles. The van der Waals surface area contributed by atoms with Gasteiger partial charge in [0.25, 0.3) is 5.91 Å². The first-order valence-corrected chi connectivity index (χ1v) is 6.85. The predicted octanol–water partition coefficient (Wildman–Crippen LogP) is 2.04. The molecular formula is C12H12N4O2S. The number of nitrogens with one attached hydrogen (secondary N) is 1. The molecule has 3 rings (SSSR count). The van der Waals surface area contributed by atoms with E-state index in [0.717, 1.165) is 24.5 Å². The molecule has 1 amide bonds. The van der Waals surface area contributed by atoms with E-state index in [1.165, 1.54) is 23.7 Å². The lowest BCUT2D eigenvalue weighted by Gasteiger charge is -2.03. The Morgan fingerprint density at radius 1 is 1.47 bits per heavy atom. The summed E-state index contributed by atoms with van der Waals surface area (Å²) >= 11 is 1.45. The van der Waals surface area contributed by atoms with Crippen molar-refractivity contribution in [2.75, 3.05) is 11.9 Å². The molecule has 19 heavy (non-hydrogen) atoms. The number of thiazole rings is 1. The minimum absolute atomic E-state index is 0.0445. The molecule has 6 nitrogen and oxygen atoms in total. The molecule has 1 atom stereocenters. The summed E-state index contributed by atoms with van der Waals surface area (Å²) in [5, 5.41) is 5.25. The van der Waals surface area contributed by atoms with Gasteiger partial charge in [0.15, 0.2) is 5.82 Å². The lowest BCUT2D eigenvalue weighted by molar-refractivity contribution is 0.101. The smallest absolute Gasteiger partial charge is 0.276 e. The summed E-state index contributed by atoms with van der Waals surface area (Å²) in [6, 6.07) is 0. The van der Waals surface area contributed by atoms with Gasteiger partial charge in [0.2, 0.25) is 0 Å². The average molecular weight is 276 g/mol. The van der Waals surface area contributed by atoms with Crippen LogP contribution in [0.2, 0.25) is 0 Å². The second kappa shape index (κ2) is 5.41. The molecule has 2 aromatic heterocycles. The molecule has 2 aromatic rings. The second-order valence-corrected chi connectivity index (χ2v) is 5.01. The molecule has 0 aromatic carbocycles. The molecule has 3 heterocycles. The van der Waals surface area contributed by atoms with E-state index in [2.05, 4.69) is 20.3 Å². The molecule has 0 saturated carbocycles. The number of aromatic nitrogens is 3. The number of nitrogens with zero attached hydrogens (tertiary/aromatic N) is 3. The Labute approximate surface area is 113 Å². The van der Waals surface area contributed by atoms with Crippen LogP contribution in [-0.2, 0) is 4.74 Å². The van der Waals surface area contributed by atoms with Crippen LogP contribution in [0.1, 0.15) is 34.4 Å². The van der Waals surface area contributed by atoms with Crippen LogP contribution in [0, 0.1) is 0 Å². The molecular weight excluding hydrogens is 264 g/mol. The van der Waals surface area contributed by atoms with Crippen LogP contribution in [0.15, 0.2) is 24.0 Å². The molecule has 1 aliphatic heterocycles. The summed E-state index contributed by atoms with van der Waals surface area (Å²) in [7, 11) is 0. The first-order valence-electron chi connectivity index (χ1n) is 5.97. The maximum atomic E-state index is 12.0. The zero-order valence-corrected chi connectivity index (χ0v) is 10.9. The van der Waals surface area contributed by atoms with E-state index in [-0.39, 0.29) is 12.0 Å². The molecule has 1 fully saturated rings. The van der Waals surface area contributed by atoms with Gasteiger partial charge in [-0.25, -0.2) is 9.97 Å². The summed E-state index contributed by atoms with van der Waals surface area (Å²) in [6.07, 6.45) is 6.63. The first kappa shape index (κ1) is 12.2. The van der Waals surface area contributed by atoms with Crippen LogP contribution in [0.25, 0.3) is 0 Å². The van der Waals surface area contributed by atoms with E-state index >= 15 is 0 Å². The summed E-state index contributed by atoms with van der Waals surface area (Å²) < 4.78 is 5.54. The fourth-order valence-electron chi connectivity index (χ4n) is 1.86. The van der Waals surface area contributed by atoms with Gasteiger partial charge >= 0.3 is 0 Å². The van der Waals surface area contributed by atoms with Crippen molar-refractivity contribution in [3.05, 3.63) is 34.7 Å². The highest BCUT2D eigenvalue weighted by Gasteiger charge is 2.22. The van der Waals surface area contributed by atoms with Gasteiger partial charge in [-0.2, -0.15) is 0 Å². The minimum Gasteiger partial charge on any atom is -0.371 e. The van der Waals surface area contributed by atoms with Crippen molar-refractivity contribution in [1.29, 1.82) is 0 Å². The van der Waals surface area contributed by atoms with Gasteiger partial charge in [0, 0.05) is 24.4 Å². The summed E-state index contributed by atoms with van der Waals surface area (Å²) in [5.41, 5.74) is 0.390. The standard InChI is InChI=1S/C12H12N4O2S/c17-11(16-10-6-13-3-4-14-10)8-7-19-12(15-8)9-2-1-5-18-9/h3-4,6-7,9H,1-2,5H2,(H,14,16,17)/t9-/m0/s1. The van der Waals surface area contributed by atoms with Crippen molar-refractivity contribution >= 4 is 23.1 Å². The Kier molecular flexibility index (Phi) is 3.47. The highest BCUT2D eigenvalue weighted by atomic mass is 32.1. The Balaban J connectivity index is 1.70. The van der Waals surface area contributed by atoms with Gasteiger partial charge in [0.05, 0.1) is 6.20 Å². The summed E-state index contributed by atoms with van der Waals surface area (Å²) in [5.74, 6) is 0.139. The lowest BCUT2D eigenvalue weighted by Crippen LogP contribution is -2.13. The van der Waals surface area contributed by atoms with E-state index in [4.69, 9.17) is 4.74 Å². The van der Waals surface area contributed by atoms with Crippen LogP contribution < -0.4 is 5.32 Å².